The summed E-state index contributed by atoms with van der Waals surface area (Å²) < 4.78 is 43.2. The fourth-order valence-electron chi connectivity index (χ4n) is 3.89. The molecule has 1 atom stereocenters. The van der Waals surface area contributed by atoms with Crippen molar-refractivity contribution in [2.75, 3.05) is 17.4 Å². The second-order valence-electron chi connectivity index (χ2n) is 9.88. The number of carbonyl (C=O) groups excluding carboxylic acids is 2. The zero-order valence-corrected chi connectivity index (χ0v) is 25.0. The average Bonchev–Trinajstić information content (AvgIpc) is 2.88. The van der Waals surface area contributed by atoms with Crippen LogP contribution in [0.4, 0.5) is 10.1 Å². The van der Waals surface area contributed by atoms with Gasteiger partial charge in [0.15, 0.2) is 0 Å². The summed E-state index contributed by atoms with van der Waals surface area (Å²) in [6, 6.07) is 15.2. The summed E-state index contributed by atoms with van der Waals surface area (Å²) in [4.78, 5) is 28.0. The highest BCUT2D eigenvalue weighted by Gasteiger charge is 2.33. The van der Waals surface area contributed by atoms with Gasteiger partial charge >= 0.3 is 0 Å². The van der Waals surface area contributed by atoms with E-state index in [1.54, 1.807) is 18.2 Å². The molecule has 0 saturated heterocycles. The number of benzene rings is 3. The molecule has 0 saturated carbocycles. The van der Waals surface area contributed by atoms with Crippen molar-refractivity contribution in [1.82, 2.24) is 10.2 Å². The van der Waals surface area contributed by atoms with Crippen LogP contribution in [0.25, 0.3) is 0 Å². The number of amides is 2. The maximum atomic E-state index is 14.6. The van der Waals surface area contributed by atoms with E-state index < -0.39 is 40.2 Å². The summed E-state index contributed by atoms with van der Waals surface area (Å²) in [5.74, 6) is -1.56. The van der Waals surface area contributed by atoms with Gasteiger partial charge in [-0.1, -0.05) is 72.9 Å². The molecule has 0 aliphatic rings. The van der Waals surface area contributed by atoms with Crippen LogP contribution < -0.4 is 9.62 Å². The van der Waals surface area contributed by atoms with Crippen molar-refractivity contribution in [3.63, 3.8) is 0 Å². The standard InChI is InChI=1S/C29H32Cl2FN3O4S/c1-19(2)16-33-29(37)21(4)34(17-22-7-5-6-8-27(22)32)28(36)18-35(25-14-23(30)13-24(31)15-25)40(38,39)26-11-9-20(3)10-12-26/h5-15,19,21H,16-18H2,1-4H3,(H,33,37)/t21-/m1/s1. The monoisotopic (exact) mass is 607 g/mol. The minimum absolute atomic E-state index is 0.0506. The van der Waals surface area contributed by atoms with Gasteiger partial charge in [-0.3, -0.25) is 13.9 Å². The number of hydrogen-bond acceptors (Lipinski definition) is 4. The second-order valence-corrected chi connectivity index (χ2v) is 12.6. The third-order valence-electron chi connectivity index (χ3n) is 6.17. The van der Waals surface area contributed by atoms with Crippen LogP contribution in [-0.2, 0) is 26.2 Å². The Labute approximate surface area is 244 Å². The van der Waals surface area contributed by atoms with Crippen LogP contribution in [0.1, 0.15) is 31.9 Å². The van der Waals surface area contributed by atoms with E-state index in [-0.39, 0.29) is 38.7 Å². The van der Waals surface area contributed by atoms with Gasteiger partial charge in [0, 0.05) is 28.7 Å². The fraction of sp³-hybridized carbons (Fsp3) is 0.310. The molecule has 0 spiro atoms. The van der Waals surface area contributed by atoms with Crippen LogP contribution in [0.3, 0.4) is 0 Å². The van der Waals surface area contributed by atoms with Crippen LogP contribution in [0, 0.1) is 18.7 Å². The van der Waals surface area contributed by atoms with Crippen molar-refractivity contribution < 1.29 is 22.4 Å². The van der Waals surface area contributed by atoms with Crippen molar-refractivity contribution in [3.8, 4) is 0 Å². The maximum absolute atomic E-state index is 14.6. The molecule has 11 heteroatoms. The summed E-state index contributed by atoms with van der Waals surface area (Å²) in [6.45, 7) is 6.62. The van der Waals surface area contributed by atoms with Crippen molar-refractivity contribution in [1.29, 1.82) is 0 Å². The molecular formula is C29H32Cl2FN3O4S. The van der Waals surface area contributed by atoms with Gasteiger partial charge in [-0.25, -0.2) is 12.8 Å². The Kier molecular flexibility index (Phi) is 10.6. The molecule has 0 unspecified atom stereocenters. The minimum Gasteiger partial charge on any atom is -0.354 e. The number of nitrogens with zero attached hydrogens (tertiary/aromatic N) is 2. The smallest absolute Gasteiger partial charge is 0.264 e. The molecule has 0 fully saturated rings. The lowest BCUT2D eigenvalue weighted by atomic mass is 10.1. The highest BCUT2D eigenvalue weighted by Crippen LogP contribution is 2.30. The Bertz CT molecular complexity index is 1450. The molecule has 0 aliphatic heterocycles. The zero-order valence-electron chi connectivity index (χ0n) is 22.7. The Balaban J connectivity index is 2.06. The van der Waals surface area contributed by atoms with Gasteiger partial charge in [-0.2, -0.15) is 0 Å². The van der Waals surface area contributed by atoms with Crippen LogP contribution in [0.2, 0.25) is 10.0 Å². The summed E-state index contributed by atoms with van der Waals surface area (Å²) >= 11 is 12.4. The van der Waals surface area contributed by atoms with Gasteiger partial charge in [-0.15, -0.1) is 0 Å². The van der Waals surface area contributed by atoms with Crippen LogP contribution in [0.15, 0.2) is 71.6 Å². The third-order valence-corrected chi connectivity index (χ3v) is 8.40. The first kappa shape index (κ1) is 31.4. The zero-order chi connectivity index (χ0) is 29.6. The topological polar surface area (TPSA) is 86.8 Å². The Morgan fingerprint density at radius 3 is 2.12 bits per heavy atom. The third kappa shape index (κ3) is 7.96. The lowest BCUT2D eigenvalue weighted by Crippen LogP contribution is -2.51. The fourth-order valence-corrected chi connectivity index (χ4v) is 5.81. The first-order chi connectivity index (χ1) is 18.8. The molecule has 3 rings (SSSR count). The number of nitrogens with one attached hydrogen (secondary N) is 1. The first-order valence-electron chi connectivity index (χ1n) is 12.7. The molecule has 0 radical (unpaired) electrons. The molecule has 0 aromatic heterocycles. The van der Waals surface area contributed by atoms with Gasteiger partial charge in [-0.05, 0) is 56.2 Å². The molecular weight excluding hydrogens is 576 g/mol. The summed E-state index contributed by atoms with van der Waals surface area (Å²) in [5, 5.41) is 3.13. The molecule has 2 amide bonds. The molecule has 0 heterocycles. The van der Waals surface area contributed by atoms with E-state index in [0.29, 0.717) is 6.54 Å². The van der Waals surface area contributed by atoms with E-state index in [9.17, 15) is 22.4 Å². The van der Waals surface area contributed by atoms with E-state index in [4.69, 9.17) is 23.2 Å². The highest BCUT2D eigenvalue weighted by molar-refractivity contribution is 7.92. The van der Waals surface area contributed by atoms with E-state index >= 15 is 0 Å². The lowest BCUT2D eigenvalue weighted by molar-refractivity contribution is -0.139. The molecule has 7 nitrogen and oxygen atoms in total. The molecule has 214 valence electrons. The molecule has 40 heavy (non-hydrogen) atoms. The van der Waals surface area contributed by atoms with Gasteiger partial charge < -0.3 is 10.2 Å². The summed E-state index contributed by atoms with van der Waals surface area (Å²) in [5.41, 5.74) is 1.09. The Hall–Kier alpha value is -3.14. The van der Waals surface area contributed by atoms with Crippen molar-refractivity contribution in [2.45, 2.75) is 45.2 Å². The van der Waals surface area contributed by atoms with Gasteiger partial charge in [0.2, 0.25) is 11.8 Å². The minimum atomic E-state index is -4.29. The predicted molar refractivity (Wildman–Crippen MR) is 156 cm³/mol. The number of halogens is 3. The van der Waals surface area contributed by atoms with Crippen molar-refractivity contribution >= 4 is 50.7 Å². The molecule has 0 aliphatic carbocycles. The average molecular weight is 609 g/mol. The van der Waals surface area contributed by atoms with Crippen LogP contribution >= 0.6 is 23.2 Å². The van der Waals surface area contributed by atoms with E-state index in [0.717, 1.165) is 14.8 Å². The van der Waals surface area contributed by atoms with Gasteiger partial charge in [0.1, 0.15) is 18.4 Å². The maximum Gasteiger partial charge on any atom is 0.264 e. The SMILES string of the molecule is Cc1ccc(S(=O)(=O)N(CC(=O)N(Cc2ccccc2F)[C@H](C)C(=O)NCC(C)C)c2cc(Cl)cc(Cl)c2)cc1. The summed E-state index contributed by atoms with van der Waals surface area (Å²) in [6.07, 6.45) is 0. The number of anilines is 1. The second kappa shape index (κ2) is 13.5. The Morgan fingerprint density at radius 2 is 1.55 bits per heavy atom. The number of sulfonamides is 1. The van der Waals surface area contributed by atoms with Gasteiger partial charge in [0.25, 0.3) is 10.0 Å². The molecule has 3 aromatic rings. The van der Waals surface area contributed by atoms with E-state index in [1.165, 1.54) is 55.5 Å². The normalized spacial score (nSPS) is 12.2. The quantitative estimate of drug-likeness (QED) is 0.297. The van der Waals surface area contributed by atoms with Crippen molar-refractivity contribution in [3.05, 3.63) is 93.7 Å². The van der Waals surface area contributed by atoms with E-state index in [2.05, 4.69) is 5.32 Å². The largest absolute Gasteiger partial charge is 0.354 e. The van der Waals surface area contributed by atoms with Gasteiger partial charge in [0.05, 0.1) is 10.6 Å². The Morgan fingerprint density at radius 1 is 0.950 bits per heavy atom. The van der Waals surface area contributed by atoms with Crippen LogP contribution in [0.5, 0.6) is 0 Å². The molecule has 3 aromatic carbocycles. The highest BCUT2D eigenvalue weighted by atomic mass is 35.5. The lowest BCUT2D eigenvalue weighted by Gasteiger charge is -2.32. The first-order valence-corrected chi connectivity index (χ1v) is 14.8. The number of carbonyl (C=O) groups is 2. The van der Waals surface area contributed by atoms with Crippen LogP contribution in [-0.4, -0.2) is 44.3 Å². The number of hydrogen-bond donors (Lipinski definition) is 1. The van der Waals surface area contributed by atoms with E-state index in [1.807, 2.05) is 20.8 Å². The molecule has 1 N–H and O–H groups in total. The number of rotatable bonds is 11. The summed E-state index contributed by atoms with van der Waals surface area (Å²) in [7, 11) is -4.29. The van der Waals surface area contributed by atoms with Crippen molar-refractivity contribution in [2.24, 2.45) is 5.92 Å². The predicted octanol–water partition coefficient (Wildman–Crippen LogP) is 5.83. The number of aryl methyl sites for hydroxylation is 1. The molecule has 0 bridgehead atoms.